The Balaban J connectivity index is 1.46. The smallest absolute Gasteiger partial charge is 0.302 e. The van der Waals surface area contributed by atoms with E-state index in [1.165, 1.54) is 23.8 Å². The van der Waals surface area contributed by atoms with Gasteiger partial charge in [0.25, 0.3) is 0 Å². The fraction of sp³-hybridized carbons (Fsp3) is 0.227. The molecule has 170 valence electrons. The molecule has 1 unspecified atom stereocenters. The number of carbonyl (C=O) groups excluding carboxylic acids is 3. The number of halogens is 3. The van der Waals surface area contributed by atoms with E-state index in [1.54, 1.807) is 30.7 Å². The number of imide groups is 1. The second-order valence-corrected chi connectivity index (χ2v) is 8.39. The number of allylic oxidation sites excluding steroid dienone is 3. The van der Waals surface area contributed by atoms with Gasteiger partial charge >= 0.3 is 18.1 Å². The Morgan fingerprint density at radius 1 is 1.24 bits per heavy atom. The molecule has 1 aliphatic heterocycles. The molecule has 1 aliphatic carbocycles. The molecule has 0 fully saturated rings. The molecule has 1 aromatic heterocycles. The van der Waals surface area contributed by atoms with E-state index >= 15 is 0 Å². The summed E-state index contributed by atoms with van der Waals surface area (Å²) < 4.78 is 39.6. The zero-order valence-corrected chi connectivity index (χ0v) is 18.3. The van der Waals surface area contributed by atoms with Crippen LogP contribution in [0.15, 0.2) is 53.4 Å². The van der Waals surface area contributed by atoms with E-state index in [-0.39, 0.29) is 11.6 Å². The fourth-order valence-electron chi connectivity index (χ4n) is 3.67. The Bertz CT molecular complexity index is 1240. The summed E-state index contributed by atoms with van der Waals surface area (Å²) in [6, 6.07) is 4.15. The highest BCUT2D eigenvalue weighted by atomic mass is 32.1. The number of hydrogen-bond donors (Lipinski definition) is 1. The van der Waals surface area contributed by atoms with Crippen LogP contribution in [0.25, 0.3) is 11.3 Å². The van der Waals surface area contributed by atoms with Crippen molar-refractivity contribution in [1.29, 1.82) is 0 Å². The van der Waals surface area contributed by atoms with Gasteiger partial charge in [0, 0.05) is 17.4 Å². The molecule has 1 aromatic carbocycles. The monoisotopic (exact) mass is 475 g/mol. The predicted octanol–water partition coefficient (Wildman–Crippen LogP) is 3.95. The van der Waals surface area contributed by atoms with Crippen LogP contribution >= 0.6 is 11.3 Å². The van der Waals surface area contributed by atoms with Crippen molar-refractivity contribution in [2.24, 2.45) is 5.92 Å². The van der Waals surface area contributed by atoms with Gasteiger partial charge in [-0.3, -0.25) is 4.79 Å². The summed E-state index contributed by atoms with van der Waals surface area (Å²) in [4.78, 5) is 42.8. The van der Waals surface area contributed by atoms with Crippen LogP contribution < -0.4 is 5.32 Å². The lowest BCUT2D eigenvalue weighted by Crippen LogP contribution is -2.52. The number of aromatic nitrogens is 1. The first-order valence-corrected chi connectivity index (χ1v) is 10.7. The molecule has 0 spiro atoms. The number of nitrogens with one attached hydrogen (secondary N) is 1. The maximum atomic E-state index is 12.7. The third kappa shape index (κ3) is 4.36. The average Bonchev–Trinajstić information content (AvgIpc) is 3.23. The van der Waals surface area contributed by atoms with Crippen molar-refractivity contribution < 1.29 is 32.1 Å². The fourth-order valence-corrected chi connectivity index (χ4v) is 4.41. The molecule has 2 aromatic rings. The predicted molar refractivity (Wildman–Crippen MR) is 116 cm³/mol. The molecule has 7 nitrogen and oxygen atoms in total. The van der Waals surface area contributed by atoms with E-state index in [2.05, 4.69) is 10.3 Å². The average molecular weight is 475 g/mol. The number of benzene rings is 1. The van der Waals surface area contributed by atoms with Crippen LogP contribution in [0.2, 0.25) is 0 Å². The summed E-state index contributed by atoms with van der Waals surface area (Å²) in [7, 11) is 2.96. The number of carbonyl (C=O) groups is 3. The number of rotatable bonds is 4. The van der Waals surface area contributed by atoms with Crippen LogP contribution in [-0.2, 0) is 15.8 Å². The molecule has 1 N–H and O–H groups in total. The van der Waals surface area contributed by atoms with Gasteiger partial charge in [0.15, 0.2) is 5.13 Å². The summed E-state index contributed by atoms with van der Waals surface area (Å²) in [5.74, 6) is -1.54. The minimum atomic E-state index is -4.42. The van der Waals surface area contributed by atoms with E-state index in [1.807, 2.05) is 0 Å². The maximum absolute atomic E-state index is 12.7. The Hall–Kier alpha value is -3.60. The first-order valence-electron chi connectivity index (χ1n) is 9.78. The topological polar surface area (TPSA) is 82.4 Å². The molecule has 1 atom stereocenters. The molecule has 11 heteroatoms. The van der Waals surface area contributed by atoms with Gasteiger partial charge in [-0.2, -0.15) is 27.4 Å². The summed E-state index contributed by atoms with van der Waals surface area (Å²) in [6.07, 6.45) is 0.527. The van der Waals surface area contributed by atoms with Crippen LogP contribution in [0.4, 0.5) is 23.1 Å². The van der Waals surface area contributed by atoms with Crippen molar-refractivity contribution in [2.75, 3.05) is 19.4 Å². The summed E-state index contributed by atoms with van der Waals surface area (Å²) in [6.45, 7) is 0. The standard InChI is InChI=1S/C22H17F3N4O3S/c1-28-16-5-3-4-13(18(16)19(31)29(2)21(28)32)10-17(30)27-20-26-15(11-33-20)12-6-8-14(9-7-12)22(23,24)25/h3-9,11,18H,10H2,1-2H3/p+1. The second-order valence-electron chi connectivity index (χ2n) is 7.54. The van der Waals surface area contributed by atoms with E-state index in [9.17, 15) is 27.6 Å². The van der Waals surface area contributed by atoms with Gasteiger partial charge in [-0.15, -0.1) is 11.3 Å². The third-order valence-electron chi connectivity index (χ3n) is 5.41. The Morgan fingerprint density at radius 2 is 1.94 bits per heavy atom. The zero-order chi connectivity index (χ0) is 23.9. The normalized spacial score (nSPS) is 18.4. The number of urea groups is 1. The molecule has 33 heavy (non-hydrogen) atoms. The van der Waals surface area contributed by atoms with Crippen molar-refractivity contribution in [3.63, 3.8) is 0 Å². The number of anilines is 1. The van der Waals surface area contributed by atoms with Gasteiger partial charge in [0.05, 0.1) is 25.4 Å². The lowest BCUT2D eigenvalue weighted by molar-refractivity contribution is -0.405. The quantitative estimate of drug-likeness (QED) is 0.679. The number of alkyl halides is 3. The molecule has 4 rings (SSSR count). The van der Waals surface area contributed by atoms with E-state index in [0.717, 1.165) is 28.4 Å². The molecule has 4 amide bonds. The number of hydrogen-bond acceptors (Lipinski definition) is 5. The minimum Gasteiger partial charge on any atom is -0.302 e. The molecule has 0 radical (unpaired) electrons. The lowest BCUT2D eigenvalue weighted by atomic mass is 9.85. The van der Waals surface area contributed by atoms with Crippen LogP contribution in [0.1, 0.15) is 12.0 Å². The lowest BCUT2D eigenvalue weighted by Gasteiger charge is -2.27. The van der Waals surface area contributed by atoms with Crippen molar-refractivity contribution in [3.05, 3.63) is 59.0 Å². The van der Waals surface area contributed by atoms with Crippen molar-refractivity contribution in [1.82, 2.24) is 9.88 Å². The van der Waals surface area contributed by atoms with Gasteiger partial charge in [0.1, 0.15) is 11.6 Å². The Morgan fingerprint density at radius 3 is 2.61 bits per heavy atom. The van der Waals surface area contributed by atoms with Gasteiger partial charge in [-0.25, -0.2) is 9.78 Å². The molecular weight excluding hydrogens is 457 g/mol. The van der Waals surface area contributed by atoms with Gasteiger partial charge in [-0.05, 0) is 23.8 Å². The van der Waals surface area contributed by atoms with Gasteiger partial charge in [-0.1, -0.05) is 24.3 Å². The highest BCUT2D eigenvalue weighted by molar-refractivity contribution is 7.14. The molecule has 2 aliphatic rings. The Labute approximate surface area is 190 Å². The molecule has 2 heterocycles. The molecule has 0 saturated heterocycles. The first kappa shape index (κ1) is 22.6. The maximum Gasteiger partial charge on any atom is 0.500 e. The number of thiazole rings is 1. The van der Waals surface area contributed by atoms with E-state index < -0.39 is 35.5 Å². The van der Waals surface area contributed by atoms with Crippen LogP contribution in [0, 0.1) is 5.92 Å². The molecule has 0 saturated carbocycles. The summed E-state index contributed by atoms with van der Waals surface area (Å²) in [5.41, 5.74) is 1.22. The van der Waals surface area contributed by atoms with Gasteiger partial charge in [0.2, 0.25) is 5.91 Å². The van der Waals surface area contributed by atoms with E-state index in [4.69, 9.17) is 0 Å². The third-order valence-corrected chi connectivity index (χ3v) is 6.16. The largest absolute Gasteiger partial charge is 0.500 e. The van der Waals surface area contributed by atoms with Crippen LogP contribution in [-0.4, -0.2) is 52.1 Å². The minimum absolute atomic E-state index is 0.0880. The highest BCUT2D eigenvalue weighted by Gasteiger charge is 2.46. The SMILES string of the molecule is CN1C(=O)C2C(CC(=O)Nc3nc(-c4ccc(C(F)(F)F)cc4)cs3)=CC=CC2=[N+](C)C1=O. The molecular formula is C22H18F3N4O3S+. The van der Waals surface area contributed by atoms with Crippen molar-refractivity contribution in [2.45, 2.75) is 12.6 Å². The number of nitrogens with zero attached hydrogens (tertiary/aromatic N) is 3. The molecule has 0 bridgehead atoms. The highest BCUT2D eigenvalue weighted by Crippen LogP contribution is 2.32. The first-order chi connectivity index (χ1) is 15.6. The number of fused-ring (bicyclic) bond motifs is 1. The van der Waals surface area contributed by atoms with E-state index in [0.29, 0.717) is 22.5 Å². The Kier molecular flexibility index (Phi) is 5.75. The summed E-state index contributed by atoms with van der Waals surface area (Å²) >= 11 is 1.14. The second kappa shape index (κ2) is 8.39. The zero-order valence-electron chi connectivity index (χ0n) is 17.5. The van der Waals surface area contributed by atoms with Crippen molar-refractivity contribution >= 4 is 40.0 Å². The van der Waals surface area contributed by atoms with Crippen LogP contribution in [0.3, 0.4) is 0 Å². The van der Waals surface area contributed by atoms with Crippen molar-refractivity contribution in [3.8, 4) is 11.3 Å². The summed E-state index contributed by atoms with van der Waals surface area (Å²) in [5, 5.41) is 4.58. The number of amides is 4. The van der Waals surface area contributed by atoms with Crippen LogP contribution in [0.5, 0.6) is 0 Å². The van der Waals surface area contributed by atoms with Gasteiger partial charge < -0.3 is 5.32 Å².